The molecule has 3 nitrogen and oxygen atoms in total. The number of ether oxygens (including phenoxy) is 2. The Hall–Kier alpha value is -1.51. The second-order valence-electron chi connectivity index (χ2n) is 4.47. The average Bonchev–Trinajstić information content (AvgIpc) is 2.28. The fourth-order valence-electron chi connectivity index (χ4n) is 2.02. The lowest BCUT2D eigenvalue weighted by Gasteiger charge is -2.19. The van der Waals surface area contributed by atoms with Gasteiger partial charge in [-0.2, -0.15) is 0 Å². The fraction of sp³-hybridized carbons (Fsp3) is 0.500. The van der Waals surface area contributed by atoms with Gasteiger partial charge in [-0.15, -0.1) is 0 Å². The largest absolute Gasteiger partial charge is 0.496 e. The summed E-state index contributed by atoms with van der Waals surface area (Å²) in [5.74, 6) is 0.630. The molecule has 0 aromatic heterocycles. The van der Waals surface area contributed by atoms with Crippen LogP contribution in [0.2, 0.25) is 0 Å². The lowest BCUT2D eigenvalue weighted by molar-refractivity contribution is -0.143. The number of esters is 1. The van der Waals surface area contributed by atoms with E-state index in [1.165, 1.54) is 7.11 Å². The van der Waals surface area contributed by atoms with Crippen LogP contribution in [-0.4, -0.2) is 20.2 Å². The van der Waals surface area contributed by atoms with E-state index in [1.54, 1.807) is 7.11 Å². The Morgan fingerprint density at radius 1 is 1.24 bits per heavy atom. The lowest BCUT2D eigenvalue weighted by Crippen LogP contribution is -2.19. The van der Waals surface area contributed by atoms with Crippen LogP contribution in [0, 0.1) is 12.8 Å². The van der Waals surface area contributed by atoms with Crippen LogP contribution in [0.15, 0.2) is 18.2 Å². The van der Waals surface area contributed by atoms with Crippen molar-refractivity contribution in [1.82, 2.24) is 0 Å². The quantitative estimate of drug-likeness (QED) is 0.754. The maximum atomic E-state index is 11.8. The summed E-state index contributed by atoms with van der Waals surface area (Å²) in [6.45, 7) is 6.00. The van der Waals surface area contributed by atoms with E-state index in [-0.39, 0.29) is 17.8 Å². The number of rotatable bonds is 4. The SMILES string of the molecule is COC(=O)C(c1ccc(OC)c(C)c1)C(C)C. The maximum absolute atomic E-state index is 11.8. The van der Waals surface area contributed by atoms with E-state index >= 15 is 0 Å². The van der Waals surface area contributed by atoms with E-state index in [2.05, 4.69) is 0 Å². The first-order valence-electron chi connectivity index (χ1n) is 5.73. The number of hydrogen-bond donors (Lipinski definition) is 0. The number of aryl methyl sites for hydroxylation is 1. The highest BCUT2D eigenvalue weighted by Crippen LogP contribution is 2.29. The van der Waals surface area contributed by atoms with Gasteiger partial charge in [-0.1, -0.05) is 26.0 Å². The van der Waals surface area contributed by atoms with E-state index in [0.29, 0.717) is 0 Å². The third-order valence-electron chi connectivity index (χ3n) is 2.90. The van der Waals surface area contributed by atoms with Crippen molar-refractivity contribution in [1.29, 1.82) is 0 Å². The number of carbonyl (C=O) groups is 1. The molecule has 0 saturated carbocycles. The predicted octanol–water partition coefficient (Wildman–Crippen LogP) is 2.92. The third kappa shape index (κ3) is 2.99. The molecule has 0 spiro atoms. The van der Waals surface area contributed by atoms with E-state index in [0.717, 1.165) is 16.9 Å². The number of methoxy groups -OCH3 is 2. The summed E-state index contributed by atoms with van der Waals surface area (Å²) in [5, 5.41) is 0. The second-order valence-corrected chi connectivity index (χ2v) is 4.47. The zero-order chi connectivity index (χ0) is 13.0. The molecular weight excluding hydrogens is 216 g/mol. The molecule has 3 heteroatoms. The highest BCUT2D eigenvalue weighted by atomic mass is 16.5. The van der Waals surface area contributed by atoms with Crippen molar-refractivity contribution in [2.75, 3.05) is 14.2 Å². The lowest BCUT2D eigenvalue weighted by atomic mass is 9.87. The van der Waals surface area contributed by atoms with E-state index in [9.17, 15) is 4.79 Å². The summed E-state index contributed by atoms with van der Waals surface area (Å²) in [4.78, 5) is 11.8. The Morgan fingerprint density at radius 2 is 1.88 bits per heavy atom. The Morgan fingerprint density at radius 3 is 2.29 bits per heavy atom. The highest BCUT2D eigenvalue weighted by Gasteiger charge is 2.25. The Bertz CT molecular complexity index is 396. The first kappa shape index (κ1) is 13.6. The second kappa shape index (κ2) is 5.71. The maximum Gasteiger partial charge on any atom is 0.313 e. The van der Waals surface area contributed by atoms with Crippen molar-refractivity contribution in [3.05, 3.63) is 29.3 Å². The van der Waals surface area contributed by atoms with Gasteiger partial charge in [-0.25, -0.2) is 0 Å². The van der Waals surface area contributed by atoms with Crippen molar-refractivity contribution in [3.63, 3.8) is 0 Å². The standard InChI is InChI=1S/C14H20O3/c1-9(2)13(14(15)17-5)11-6-7-12(16-4)10(3)8-11/h6-9,13H,1-5H3. The van der Waals surface area contributed by atoms with Crippen molar-refractivity contribution in [2.24, 2.45) is 5.92 Å². The van der Waals surface area contributed by atoms with E-state index in [4.69, 9.17) is 9.47 Å². The summed E-state index contributed by atoms with van der Waals surface area (Å²) >= 11 is 0. The van der Waals surface area contributed by atoms with Gasteiger partial charge in [0.1, 0.15) is 5.75 Å². The molecule has 0 N–H and O–H groups in total. The first-order valence-corrected chi connectivity index (χ1v) is 5.73. The van der Waals surface area contributed by atoms with Crippen LogP contribution >= 0.6 is 0 Å². The monoisotopic (exact) mass is 236 g/mol. The smallest absolute Gasteiger partial charge is 0.313 e. The van der Waals surface area contributed by atoms with Crippen molar-refractivity contribution in [3.8, 4) is 5.75 Å². The van der Waals surface area contributed by atoms with Crippen LogP contribution in [0.25, 0.3) is 0 Å². The minimum Gasteiger partial charge on any atom is -0.496 e. The molecule has 1 aromatic carbocycles. The average molecular weight is 236 g/mol. The first-order chi connectivity index (χ1) is 8.01. The molecule has 0 radical (unpaired) electrons. The molecule has 0 saturated heterocycles. The minimum atomic E-state index is -0.218. The van der Waals surface area contributed by atoms with Gasteiger partial charge >= 0.3 is 5.97 Å². The van der Waals surface area contributed by atoms with E-state index < -0.39 is 0 Å². The van der Waals surface area contributed by atoms with Crippen LogP contribution in [-0.2, 0) is 9.53 Å². The molecule has 1 unspecified atom stereocenters. The molecule has 0 heterocycles. The Kier molecular flexibility index (Phi) is 4.55. The van der Waals surface area contributed by atoms with E-state index in [1.807, 2.05) is 39.0 Å². The number of carbonyl (C=O) groups excluding carboxylic acids is 1. The summed E-state index contributed by atoms with van der Waals surface area (Å²) in [6, 6.07) is 5.80. The van der Waals surface area contributed by atoms with Gasteiger partial charge in [0.25, 0.3) is 0 Å². The van der Waals surface area contributed by atoms with Crippen LogP contribution in [0.5, 0.6) is 5.75 Å². The zero-order valence-electron chi connectivity index (χ0n) is 11.1. The van der Waals surface area contributed by atoms with Gasteiger partial charge in [0.05, 0.1) is 20.1 Å². The molecular formula is C14H20O3. The normalized spacial score (nSPS) is 12.4. The highest BCUT2D eigenvalue weighted by molar-refractivity contribution is 5.78. The number of hydrogen-bond acceptors (Lipinski definition) is 3. The van der Waals surface area contributed by atoms with Gasteiger partial charge in [-0.3, -0.25) is 4.79 Å². The van der Waals surface area contributed by atoms with Crippen molar-refractivity contribution < 1.29 is 14.3 Å². The van der Waals surface area contributed by atoms with Crippen LogP contribution < -0.4 is 4.74 Å². The van der Waals surface area contributed by atoms with Gasteiger partial charge < -0.3 is 9.47 Å². The molecule has 1 aromatic rings. The van der Waals surface area contributed by atoms with Crippen molar-refractivity contribution >= 4 is 5.97 Å². The molecule has 1 atom stereocenters. The molecule has 0 aliphatic rings. The van der Waals surface area contributed by atoms with Crippen LogP contribution in [0.4, 0.5) is 0 Å². The summed E-state index contributed by atoms with van der Waals surface area (Å²) in [6.07, 6.45) is 0. The molecule has 1 rings (SSSR count). The van der Waals surface area contributed by atoms with Gasteiger partial charge in [0, 0.05) is 0 Å². The molecule has 0 aliphatic heterocycles. The molecule has 0 aliphatic carbocycles. The number of benzene rings is 1. The van der Waals surface area contributed by atoms with Gasteiger partial charge in [0.2, 0.25) is 0 Å². The van der Waals surface area contributed by atoms with Crippen molar-refractivity contribution in [2.45, 2.75) is 26.7 Å². The summed E-state index contributed by atoms with van der Waals surface area (Å²) < 4.78 is 10.1. The summed E-state index contributed by atoms with van der Waals surface area (Å²) in [5.41, 5.74) is 2.00. The topological polar surface area (TPSA) is 35.5 Å². The van der Waals surface area contributed by atoms with Gasteiger partial charge in [-0.05, 0) is 30.0 Å². The molecule has 0 amide bonds. The molecule has 94 valence electrons. The van der Waals surface area contributed by atoms with Crippen LogP contribution in [0.3, 0.4) is 0 Å². The third-order valence-corrected chi connectivity index (χ3v) is 2.90. The molecule has 0 fully saturated rings. The summed E-state index contributed by atoms with van der Waals surface area (Å²) in [7, 11) is 3.07. The zero-order valence-corrected chi connectivity index (χ0v) is 11.1. The molecule has 17 heavy (non-hydrogen) atoms. The van der Waals surface area contributed by atoms with Crippen LogP contribution in [0.1, 0.15) is 30.9 Å². The predicted molar refractivity (Wildman–Crippen MR) is 67.3 cm³/mol. The Labute approximate surface area is 103 Å². The Balaban J connectivity index is 3.11. The molecule has 0 bridgehead atoms. The fourth-order valence-corrected chi connectivity index (χ4v) is 2.02. The van der Waals surface area contributed by atoms with Gasteiger partial charge in [0.15, 0.2) is 0 Å². The minimum absolute atomic E-state index is 0.190.